The van der Waals surface area contributed by atoms with Crippen LogP contribution in [0.25, 0.3) is 55.5 Å². The smallest absolute Gasteiger partial charge is 0.231 e. The van der Waals surface area contributed by atoms with E-state index < -0.39 is 0 Å². The van der Waals surface area contributed by atoms with Gasteiger partial charge in [-0.1, -0.05) is 91.0 Å². The first kappa shape index (κ1) is 16.0. The lowest BCUT2D eigenvalue weighted by Gasteiger charge is -2.09. The number of para-hydroxylation sites is 1. The first-order valence-corrected chi connectivity index (χ1v) is 9.61. The third-order valence-electron chi connectivity index (χ3n) is 5.32. The van der Waals surface area contributed by atoms with Gasteiger partial charge < -0.3 is 4.42 Å². The standard InChI is InChI=1S/C26H16N2O/c1-2-10-18(11-3-1)25-27-24(20-15-8-12-17-9-4-5-13-19(17)20)23-21-14-6-7-16-22(21)29-26(23)28-25/h1-16H. The van der Waals surface area contributed by atoms with Crippen molar-refractivity contribution in [2.24, 2.45) is 0 Å². The molecule has 0 saturated carbocycles. The van der Waals surface area contributed by atoms with Crippen molar-refractivity contribution in [2.45, 2.75) is 0 Å². The van der Waals surface area contributed by atoms with E-state index in [9.17, 15) is 0 Å². The third-order valence-corrected chi connectivity index (χ3v) is 5.32. The van der Waals surface area contributed by atoms with Crippen molar-refractivity contribution in [3.05, 3.63) is 97.1 Å². The van der Waals surface area contributed by atoms with Crippen LogP contribution >= 0.6 is 0 Å². The second kappa shape index (κ2) is 6.28. The Labute approximate surface area is 167 Å². The van der Waals surface area contributed by atoms with Gasteiger partial charge in [-0.05, 0) is 16.8 Å². The van der Waals surface area contributed by atoms with Gasteiger partial charge in [0, 0.05) is 16.5 Å². The predicted octanol–water partition coefficient (Wildman–Crippen LogP) is 6.86. The molecule has 0 amide bonds. The molecule has 0 saturated heterocycles. The van der Waals surface area contributed by atoms with Crippen LogP contribution in [0.2, 0.25) is 0 Å². The monoisotopic (exact) mass is 372 g/mol. The lowest BCUT2D eigenvalue weighted by atomic mass is 9.99. The summed E-state index contributed by atoms with van der Waals surface area (Å²) in [4.78, 5) is 9.81. The molecule has 0 bridgehead atoms. The second-order valence-electron chi connectivity index (χ2n) is 7.07. The van der Waals surface area contributed by atoms with Crippen molar-refractivity contribution in [2.75, 3.05) is 0 Å². The van der Waals surface area contributed by atoms with Gasteiger partial charge in [0.2, 0.25) is 5.71 Å². The number of furan rings is 1. The van der Waals surface area contributed by atoms with E-state index in [2.05, 4.69) is 48.5 Å². The van der Waals surface area contributed by atoms with Crippen molar-refractivity contribution < 1.29 is 4.42 Å². The SMILES string of the molecule is c1ccc(-c2nc(-c3cccc4ccccc34)c3c(n2)oc2ccccc23)cc1. The number of nitrogens with zero attached hydrogens (tertiary/aromatic N) is 2. The predicted molar refractivity (Wildman–Crippen MR) is 118 cm³/mol. The van der Waals surface area contributed by atoms with Gasteiger partial charge in [-0.2, -0.15) is 4.98 Å². The summed E-state index contributed by atoms with van der Waals surface area (Å²) in [6.45, 7) is 0. The molecule has 0 spiro atoms. The van der Waals surface area contributed by atoms with Crippen LogP contribution in [-0.2, 0) is 0 Å². The van der Waals surface area contributed by atoms with Gasteiger partial charge in [0.05, 0.1) is 11.1 Å². The molecule has 3 heteroatoms. The molecule has 2 aromatic heterocycles. The molecule has 0 aliphatic heterocycles. The molecule has 2 heterocycles. The van der Waals surface area contributed by atoms with Crippen molar-refractivity contribution in [3.8, 4) is 22.6 Å². The summed E-state index contributed by atoms with van der Waals surface area (Å²) in [5.41, 5.74) is 4.39. The van der Waals surface area contributed by atoms with Crippen LogP contribution in [-0.4, -0.2) is 9.97 Å². The van der Waals surface area contributed by atoms with Crippen molar-refractivity contribution >= 4 is 32.8 Å². The van der Waals surface area contributed by atoms with E-state index >= 15 is 0 Å². The van der Waals surface area contributed by atoms with Gasteiger partial charge in [0.15, 0.2) is 5.82 Å². The number of rotatable bonds is 2. The molecule has 0 aliphatic carbocycles. The summed E-state index contributed by atoms with van der Waals surface area (Å²) in [5, 5.41) is 4.34. The van der Waals surface area contributed by atoms with Crippen LogP contribution in [0.3, 0.4) is 0 Å². The van der Waals surface area contributed by atoms with Gasteiger partial charge in [-0.25, -0.2) is 4.98 Å². The Morgan fingerprint density at radius 3 is 2.21 bits per heavy atom. The number of hydrogen-bond acceptors (Lipinski definition) is 3. The van der Waals surface area contributed by atoms with E-state index in [-0.39, 0.29) is 0 Å². The minimum atomic E-state index is 0.614. The van der Waals surface area contributed by atoms with Gasteiger partial charge in [0.1, 0.15) is 5.58 Å². The van der Waals surface area contributed by atoms with Crippen LogP contribution in [0.4, 0.5) is 0 Å². The zero-order valence-corrected chi connectivity index (χ0v) is 15.5. The van der Waals surface area contributed by atoms with Crippen molar-refractivity contribution in [1.82, 2.24) is 9.97 Å². The Hall–Kier alpha value is -3.98. The molecule has 0 unspecified atom stereocenters. The Bertz CT molecular complexity index is 1490. The molecule has 29 heavy (non-hydrogen) atoms. The van der Waals surface area contributed by atoms with E-state index in [1.54, 1.807) is 0 Å². The maximum atomic E-state index is 6.14. The van der Waals surface area contributed by atoms with Crippen molar-refractivity contribution in [1.29, 1.82) is 0 Å². The second-order valence-corrected chi connectivity index (χ2v) is 7.07. The molecule has 4 aromatic carbocycles. The minimum Gasteiger partial charge on any atom is -0.438 e. The summed E-state index contributed by atoms with van der Waals surface area (Å²) < 4.78 is 6.14. The zero-order valence-electron chi connectivity index (χ0n) is 15.5. The molecule has 0 N–H and O–H groups in total. The maximum absolute atomic E-state index is 6.14. The minimum absolute atomic E-state index is 0.614. The van der Waals surface area contributed by atoms with Crippen LogP contribution in [0.1, 0.15) is 0 Å². The van der Waals surface area contributed by atoms with Crippen LogP contribution in [0.15, 0.2) is 101 Å². The summed E-state index contributed by atoms with van der Waals surface area (Å²) in [6, 6.07) is 32.8. The molecule has 6 aromatic rings. The number of benzene rings is 4. The summed E-state index contributed by atoms with van der Waals surface area (Å²) in [7, 11) is 0. The highest BCUT2D eigenvalue weighted by Gasteiger charge is 2.19. The third kappa shape index (κ3) is 2.52. The van der Waals surface area contributed by atoms with Crippen LogP contribution < -0.4 is 0 Å². The van der Waals surface area contributed by atoms with E-state index in [0.717, 1.165) is 33.2 Å². The normalized spacial score (nSPS) is 11.4. The highest BCUT2D eigenvalue weighted by Crippen LogP contribution is 2.38. The Balaban J connectivity index is 1.78. The molecule has 136 valence electrons. The number of aromatic nitrogens is 2. The van der Waals surface area contributed by atoms with E-state index in [1.165, 1.54) is 10.8 Å². The fourth-order valence-corrected chi connectivity index (χ4v) is 3.97. The number of fused-ring (bicyclic) bond motifs is 4. The average Bonchev–Trinajstić information content (AvgIpc) is 3.17. The number of hydrogen-bond donors (Lipinski definition) is 0. The molecule has 0 fully saturated rings. The largest absolute Gasteiger partial charge is 0.438 e. The molecular formula is C26H16N2O. The molecule has 0 radical (unpaired) electrons. The molecule has 3 nitrogen and oxygen atoms in total. The summed E-state index contributed by atoms with van der Waals surface area (Å²) in [5.74, 6) is 0.667. The molecule has 0 aliphatic rings. The summed E-state index contributed by atoms with van der Waals surface area (Å²) in [6.07, 6.45) is 0. The first-order valence-electron chi connectivity index (χ1n) is 9.61. The molecular weight excluding hydrogens is 356 g/mol. The highest BCUT2D eigenvalue weighted by molar-refractivity contribution is 6.13. The van der Waals surface area contributed by atoms with Gasteiger partial charge in [0.25, 0.3) is 0 Å². The van der Waals surface area contributed by atoms with E-state index in [0.29, 0.717) is 11.5 Å². The van der Waals surface area contributed by atoms with E-state index in [1.807, 2.05) is 48.5 Å². The topological polar surface area (TPSA) is 38.9 Å². The van der Waals surface area contributed by atoms with Gasteiger partial charge in [-0.3, -0.25) is 0 Å². The fourth-order valence-electron chi connectivity index (χ4n) is 3.97. The highest BCUT2D eigenvalue weighted by atomic mass is 16.3. The Kier molecular flexibility index (Phi) is 3.47. The summed E-state index contributed by atoms with van der Waals surface area (Å²) >= 11 is 0. The van der Waals surface area contributed by atoms with E-state index in [4.69, 9.17) is 14.4 Å². The lowest BCUT2D eigenvalue weighted by molar-refractivity contribution is 0.653. The first-order chi connectivity index (χ1) is 14.4. The molecule has 6 rings (SSSR count). The zero-order chi connectivity index (χ0) is 19.2. The van der Waals surface area contributed by atoms with Gasteiger partial charge in [-0.15, -0.1) is 0 Å². The maximum Gasteiger partial charge on any atom is 0.231 e. The Morgan fingerprint density at radius 2 is 1.31 bits per heavy atom. The molecule has 0 atom stereocenters. The fraction of sp³-hybridized carbons (Fsp3) is 0. The lowest BCUT2D eigenvalue weighted by Crippen LogP contribution is -1.94. The van der Waals surface area contributed by atoms with Gasteiger partial charge >= 0.3 is 0 Å². The Morgan fingerprint density at radius 1 is 0.586 bits per heavy atom. The quantitative estimate of drug-likeness (QED) is 0.333. The van der Waals surface area contributed by atoms with Crippen LogP contribution in [0, 0.1) is 0 Å². The van der Waals surface area contributed by atoms with Crippen molar-refractivity contribution in [3.63, 3.8) is 0 Å². The average molecular weight is 372 g/mol. The van der Waals surface area contributed by atoms with Crippen LogP contribution in [0.5, 0.6) is 0 Å².